The molecule has 0 saturated heterocycles. The van der Waals surface area contributed by atoms with Crippen LogP contribution in [0.3, 0.4) is 0 Å². The Hall–Kier alpha value is -4.27. The summed E-state index contributed by atoms with van der Waals surface area (Å²) in [6.07, 6.45) is 0. The Morgan fingerprint density at radius 2 is 1.90 bits per heavy atom. The van der Waals surface area contributed by atoms with Crippen molar-refractivity contribution in [3.63, 3.8) is 0 Å². The molecule has 0 aliphatic heterocycles. The van der Waals surface area contributed by atoms with Crippen molar-refractivity contribution in [1.29, 1.82) is 0 Å². The Morgan fingerprint density at radius 3 is 2.63 bits per heavy atom. The average Bonchev–Trinajstić information content (AvgIpc) is 3.16. The number of carbonyl (C=O) groups excluding carboxylic acids is 1. The van der Waals surface area contributed by atoms with Gasteiger partial charge in [-0.1, -0.05) is 12.1 Å². The first-order chi connectivity index (χ1) is 14.5. The number of nitrogens with zero attached hydrogens (tertiary/aromatic N) is 2. The van der Waals surface area contributed by atoms with Gasteiger partial charge in [0.15, 0.2) is 12.2 Å². The van der Waals surface area contributed by atoms with E-state index in [4.69, 9.17) is 9.15 Å². The van der Waals surface area contributed by atoms with Gasteiger partial charge in [-0.25, -0.2) is 9.37 Å². The van der Waals surface area contributed by atoms with E-state index in [0.717, 1.165) is 0 Å². The highest BCUT2D eigenvalue weighted by Crippen LogP contribution is 2.27. The minimum Gasteiger partial charge on any atom is -0.484 e. The molecule has 1 aromatic heterocycles. The molecule has 0 aliphatic rings. The fourth-order valence-corrected chi connectivity index (χ4v) is 2.77. The van der Waals surface area contributed by atoms with Gasteiger partial charge < -0.3 is 14.5 Å². The lowest BCUT2D eigenvalue weighted by molar-refractivity contribution is -0.384. The maximum absolute atomic E-state index is 13.9. The Labute approximate surface area is 169 Å². The largest absolute Gasteiger partial charge is 0.484 e. The third-order valence-corrected chi connectivity index (χ3v) is 4.19. The highest BCUT2D eigenvalue weighted by molar-refractivity contribution is 5.94. The van der Waals surface area contributed by atoms with Gasteiger partial charge in [0, 0.05) is 17.8 Å². The first-order valence-electron chi connectivity index (χ1n) is 8.82. The van der Waals surface area contributed by atoms with Crippen molar-refractivity contribution in [2.75, 3.05) is 11.9 Å². The van der Waals surface area contributed by atoms with E-state index in [1.54, 1.807) is 36.4 Å². The van der Waals surface area contributed by atoms with E-state index in [1.807, 2.05) is 0 Å². The molecule has 0 aliphatic carbocycles. The minimum absolute atomic E-state index is 0.0672. The van der Waals surface area contributed by atoms with Gasteiger partial charge >= 0.3 is 0 Å². The smallest absolute Gasteiger partial charge is 0.269 e. The molecule has 8 nitrogen and oxygen atoms in total. The van der Waals surface area contributed by atoms with E-state index in [1.165, 1.54) is 30.3 Å². The number of rotatable bonds is 6. The van der Waals surface area contributed by atoms with E-state index < -0.39 is 16.6 Å². The molecule has 1 amide bonds. The van der Waals surface area contributed by atoms with Gasteiger partial charge in [0.25, 0.3) is 11.6 Å². The molecule has 9 heteroatoms. The summed E-state index contributed by atoms with van der Waals surface area (Å²) in [7, 11) is 0. The van der Waals surface area contributed by atoms with Crippen LogP contribution < -0.4 is 10.1 Å². The van der Waals surface area contributed by atoms with Crippen molar-refractivity contribution in [2.45, 2.75) is 0 Å². The zero-order valence-electron chi connectivity index (χ0n) is 15.4. The third kappa shape index (κ3) is 4.09. The van der Waals surface area contributed by atoms with Crippen LogP contribution in [0.2, 0.25) is 0 Å². The molecular weight excluding hydrogens is 393 g/mol. The monoisotopic (exact) mass is 407 g/mol. The van der Waals surface area contributed by atoms with Crippen molar-refractivity contribution >= 4 is 28.4 Å². The minimum atomic E-state index is -0.520. The number of nitro benzene ring substituents is 1. The first kappa shape index (κ1) is 19.1. The number of hydrogen-bond donors (Lipinski definition) is 1. The normalized spacial score (nSPS) is 10.7. The molecule has 30 heavy (non-hydrogen) atoms. The number of nitrogens with one attached hydrogen (secondary N) is 1. The van der Waals surface area contributed by atoms with E-state index in [9.17, 15) is 19.3 Å². The number of fused-ring (bicyclic) bond motifs is 1. The van der Waals surface area contributed by atoms with E-state index in [0.29, 0.717) is 22.5 Å². The Bertz CT molecular complexity index is 1240. The molecular formula is C21H14FN3O5. The maximum atomic E-state index is 13.9. The molecule has 0 spiro atoms. The van der Waals surface area contributed by atoms with Crippen molar-refractivity contribution in [3.8, 4) is 17.2 Å². The van der Waals surface area contributed by atoms with Crippen LogP contribution >= 0.6 is 0 Å². The van der Waals surface area contributed by atoms with Crippen molar-refractivity contribution < 1.29 is 23.3 Å². The molecule has 3 aromatic carbocycles. The second kappa shape index (κ2) is 8.00. The van der Waals surface area contributed by atoms with E-state index >= 15 is 0 Å². The van der Waals surface area contributed by atoms with Crippen LogP contribution in [0.15, 0.2) is 71.1 Å². The number of amides is 1. The van der Waals surface area contributed by atoms with E-state index in [-0.39, 0.29) is 23.7 Å². The Balaban J connectivity index is 1.42. The molecule has 4 rings (SSSR count). The lowest BCUT2D eigenvalue weighted by Gasteiger charge is -2.07. The van der Waals surface area contributed by atoms with E-state index in [2.05, 4.69) is 10.3 Å². The quantitative estimate of drug-likeness (QED) is 0.371. The molecule has 4 aromatic rings. The van der Waals surface area contributed by atoms with Gasteiger partial charge in [0.05, 0.1) is 10.5 Å². The highest BCUT2D eigenvalue weighted by Gasteiger charge is 2.13. The van der Waals surface area contributed by atoms with Gasteiger partial charge in [-0.2, -0.15) is 0 Å². The number of carbonyl (C=O) groups is 1. The summed E-state index contributed by atoms with van der Waals surface area (Å²) in [5, 5.41) is 13.3. The fourth-order valence-electron chi connectivity index (χ4n) is 2.77. The van der Waals surface area contributed by atoms with Crippen LogP contribution in [0, 0.1) is 15.9 Å². The average molecular weight is 407 g/mol. The van der Waals surface area contributed by atoms with Crippen LogP contribution in [-0.2, 0) is 4.79 Å². The maximum Gasteiger partial charge on any atom is 0.269 e. The Morgan fingerprint density at radius 1 is 1.13 bits per heavy atom. The van der Waals surface area contributed by atoms with Crippen molar-refractivity contribution in [2.24, 2.45) is 0 Å². The summed E-state index contributed by atoms with van der Waals surface area (Å²) >= 11 is 0. The number of non-ortho nitro benzene ring substituents is 1. The number of aromatic nitrogens is 1. The SMILES string of the molecule is O=C(COc1ccc([N+](=O)[O-])cc1)Nc1ccc2oc(-c3ccccc3F)nc2c1. The topological polar surface area (TPSA) is 108 Å². The summed E-state index contributed by atoms with van der Waals surface area (Å²) in [5.41, 5.74) is 1.56. The van der Waals surface area contributed by atoms with Crippen molar-refractivity contribution in [3.05, 3.63) is 82.7 Å². The lowest BCUT2D eigenvalue weighted by atomic mass is 10.2. The molecule has 0 radical (unpaired) electrons. The molecule has 1 heterocycles. The summed E-state index contributed by atoms with van der Waals surface area (Å²) in [6.45, 7) is -0.283. The van der Waals surface area contributed by atoms with Crippen LogP contribution in [0.5, 0.6) is 5.75 Å². The van der Waals surface area contributed by atoms with Gasteiger partial charge in [-0.15, -0.1) is 0 Å². The molecule has 0 unspecified atom stereocenters. The molecule has 0 atom stereocenters. The zero-order chi connectivity index (χ0) is 21.1. The number of ether oxygens (including phenoxy) is 1. The number of benzene rings is 3. The molecule has 150 valence electrons. The molecule has 0 fully saturated rings. The van der Waals surface area contributed by atoms with Crippen LogP contribution in [0.25, 0.3) is 22.6 Å². The molecule has 1 N–H and O–H groups in total. The molecule has 0 bridgehead atoms. The summed E-state index contributed by atoms with van der Waals surface area (Å²) < 4.78 is 24.9. The molecule has 0 saturated carbocycles. The highest BCUT2D eigenvalue weighted by atomic mass is 19.1. The van der Waals surface area contributed by atoms with Gasteiger partial charge in [0.1, 0.15) is 17.1 Å². The predicted octanol–water partition coefficient (Wildman–Crippen LogP) is 4.56. The summed E-state index contributed by atoms with van der Waals surface area (Å²) in [5.74, 6) is -0.392. The summed E-state index contributed by atoms with van der Waals surface area (Å²) in [4.78, 5) is 26.5. The number of oxazole rings is 1. The number of hydrogen-bond acceptors (Lipinski definition) is 6. The predicted molar refractivity (Wildman–Crippen MR) is 107 cm³/mol. The van der Waals surface area contributed by atoms with Gasteiger partial charge in [-0.05, 0) is 42.5 Å². The fraction of sp³-hybridized carbons (Fsp3) is 0.0476. The summed E-state index contributed by atoms with van der Waals surface area (Å²) in [6, 6.07) is 16.4. The number of halogens is 1. The van der Waals surface area contributed by atoms with Crippen LogP contribution in [0.4, 0.5) is 15.8 Å². The number of anilines is 1. The van der Waals surface area contributed by atoms with Crippen molar-refractivity contribution in [1.82, 2.24) is 4.98 Å². The second-order valence-electron chi connectivity index (χ2n) is 6.27. The number of nitro groups is 1. The second-order valence-corrected chi connectivity index (χ2v) is 6.27. The standard InChI is InChI=1S/C21H14FN3O5/c22-17-4-2-1-3-16(17)21-24-18-11-13(5-10-19(18)30-21)23-20(26)12-29-15-8-6-14(7-9-15)25(27)28/h1-11H,12H2,(H,23,26). The van der Waals surface area contributed by atoms with Crippen LogP contribution in [0.1, 0.15) is 0 Å². The zero-order valence-corrected chi connectivity index (χ0v) is 15.4. The first-order valence-corrected chi connectivity index (χ1v) is 8.82. The Kier molecular flexibility index (Phi) is 5.08. The van der Waals surface area contributed by atoms with Gasteiger partial charge in [-0.3, -0.25) is 14.9 Å². The third-order valence-electron chi connectivity index (χ3n) is 4.19. The van der Waals surface area contributed by atoms with Gasteiger partial charge in [0.2, 0.25) is 5.89 Å². The van der Waals surface area contributed by atoms with Crippen LogP contribution in [-0.4, -0.2) is 22.4 Å². The lowest BCUT2D eigenvalue weighted by Crippen LogP contribution is -2.20.